The Morgan fingerprint density at radius 1 is 0.966 bits per heavy atom. The van der Waals surface area contributed by atoms with Crippen molar-refractivity contribution in [3.63, 3.8) is 0 Å². The molecule has 0 saturated carbocycles. The van der Waals surface area contributed by atoms with Crippen LogP contribution < -0.4 is 10.0 Å². The van der Waals surface area contributed by atoms with Crippen molar-refractivity contribution in [3.05, 3.63) is 64.7 Å². The van der Waals surface area contributed by atoms with Crippen LogP contribution in [0.3, 0.4) is 0 Å². The molecule has 1 fully saturated rings. The van der Waals surface area contributed by atoms with Crippen LogP contribution >= 0.6 is 0 Å². The van der Waals surface area contributed by atoms with E-state index in [1.54, 1.807) is 0 Å². The van der Waals surface area contributed by atoms with Gasteiger partial charge in [-0.05, 0) is 29.3 Å². The number of rotatable bonds is 6. The van der Waals surface area contributed by atoms with Gasteiger partial charge in [0.1, 0.15) is 0 Å². The highest BCUT2D eigenvalue weighted by molar-refractivity contribution is 7.89. The summed E-state index contributed by atoms with van der Waals surface area (Å²) >= 11 is 0. The molecule has 0 spiro atoms. The molecule has 1 saturated heterocycles. The normalized spacial score (nSPS) is 17.2. The van der Waals surface area contributed by atoms with Gasteiger partial charge < -0.3 is 4.74 Å². The molecule has 9 heteroatoms. The molecular weight excluding hydrogens is 394 g/mol. The zero-order chi connectivity index (χ0) is 20.4. The third-order valence-corrected chi connectivity index (χ3v) is 6.49. The third kappa shape index (κ3) is 4.23. The number of nitrogens with zero attached hydrogens (tertiary/aromatic N) is 1. The highest BCUT2D eigenvalue weighted by atomic mass is 32.2. The molecule has 2 aliphatic rings. The Morgan fingerprint density at radius 3 is 2.41 bits per heavy atom. The standard InChI is InChI=1S/C20H21N3O5S/c24-19-17-6-5-16(11-18(17)20(25)22-19)29(26,27)21-12-14-3-1-2-4-15(14)13-23-7-9-28-10-8-23/h1-6,11,21H,7-10,12-13H2,(H,22,24,25). The first kappa shape index (κ1) is 19.7. The Morgan fingerprint density at radius 2 is 1.66 bits per heavy atom. The quantitative estimate of drug-likeness (QED) is 0.679. The van der Waals surface area contributed by atoms with Crippen LogP contribution in [0.1, 0.15) is 31.8 Å². The Labute approximate surface area is 168 Å². The second-order valence-electron chi connectivity index (χ2n) is 6.97. The SMILES string of the molecule is O=C1NC(=O)c2cc(S(=O)(=O)NCc3ccccc3CN3CCOCC3)ccc21. The fourth-order valence-electron chi connectivity index (χ4n) is 3.45. The van der Waals surface area contributed by atoms with E-state index in [0.717, 1.165) is 30.8 Å². The summed E-state index contributed by atoms with van der Waals surface area (Å²) in [7, 11) is -3.85. The summed E-state index contributed by atoms with van der Waals surface area (Å²) < 4.78 is 33.5. The van der Waals surface area contributed by atoms with E-state index in [1.165, 1.54) is 18.2 Å². The van der Waals surface area contributed by atoms with Crippen LogP contribution in [-0.2, 0) is 27.8 Å². The zero-order valence-corrected chi connectivity index (χ0v) is 16.5. The van der Waals surface area contributed by atoms with Crippen LogP contribution in [-0.4, -0.2) is 51.4 Å². The first-order chi connectivity index (χ1) is 13.9. The number of nitrogens with one attached hydrogen (secondary N) is 2. The van der Waals surface area contributed by atoms with Gasteiger partial charge in [0.15, 0.2) is 0 Å². The fourth-order valence-corrected chi connectivity index (χ4v) is 4.49. The maximum atomic E-state index is 12.7. The molecule has 0 bridgehead atoms. The Hall–Kier alpha value is -2.59. The van der Waals surface area contributed by atoms with Crippen LogP contribution in [0.15, 0.2) is 47.4 Å². The number of imide groups is 1. The van der Waals surface area contributed by atoms with Gasteiger partial charge in [-0.25, -0.2) is 13.1 Å². The first-order valence-corrected chi connectivity index (χ1v) is 10.8. The van der Waals surface area contributed by atoms with Gasteiger partial charge in [0, 0.05) is 26.2 Å². The summed E-state index contributed by atoms with van der Waals surface area (Å²) in [5, 5.41) is 2.16. The van der Waals surface area contributed by atoms with Gasteiger partial charge in [0.05, 0.1) is 29.2 Å². The third-order valence-electron chi connectivity index (χ3n) is 5.09. The second kappa shape index (κ2) is 8.03. The average Bonchev–Trinajstić information content (AvgIpc) is 3.01. The van der Waals surface area contributed by atoms with E-state index in [0.29, 0.717) is 13.2 Å². The smallest absolute Gasteiger partial charge is 0.258 e. The minimum Gasteiger partial charge on any atom is -0.379 e. The molecule has 29 heavy (non-hydrogen) atoms. The van der Waals surface area contributed by atoms with Crippen molar-refractivity contribution in [2.75, 3.05) is 26.3 Å². The number of fused-ring (bicyclic) bond motifs is 1. The van der Waals surface area contributed by atoms with Crippen molar-refractivity contribution in [1.82, 2.24) is 14.9 Å². The molecular formula is C20H21N3O5S. The summed E-state index contributed by atoms with van der Waals surface area (Å²) in [5.74, 6) is -1.10. The van der Waals surface area contributed by atoms with Crippen molar-refractivity contribution in [3.8, 4) is 0 Å². The zero-order valence-electron chi connectivity index (χ0n) is 15.7. The second-order valence-corrected chi connectivity index (χ2v) is 8.74. The molecule has 152 valence electrons. The van der Waals surface area contributed by atoms with Crippen molar-refractivity contribution in [2.24, 2.45) is 0 Å². The number of morpholine rings is 1. The van der Waals surface area contributed by atoms with Gasteiger partial charge in [0.2, 0.25) is 10.0 Å². The van der Waals surface area contributed by atoms with Gasteiger partial charge in [-0.3, -0.25) is 19.8 Å². The number of benzene rings is 2. The monoisotopic (exact) mass is 415 g/mol. The van der Waals surface area contributed by atoms with E-state index in [9.17, 15) is 18.0 Å². The van der Waals surface area contributed by atoms with Crippen LogP contribution in [0.4, 0.5) is 0 Å². The number of hydrogen-bond acceptors (Lipinski definition) is 6. The number of sulfonamides is 1. The molecule has 8 nitrogen and oxygen atoms in total. The largest absolute Gasteiger partial charge is 0.379 e. The van der Waals surface area contributed by atoms with Crippen LogP contribution in [0.5, 0.6) is 0 Å². The molecule has 0 aromatic heterocycles. The van der Waals surface area contributed by atoms with E-state index in [2.05, 4.69) is 14.9 Å². The lowest BCUT2D eigenvalue weighted by atomic mass is 10.1. The van der Waals surface area contributed by atoms with Crippen LogP contribution in [0.25, 0.3) is 0 Å². The van der Waals surface area contributed by atoms with Crippen molar-refractivity contribution in [1.29, 1.82) is 0 Å². The van der Waals surface area contributed by atoms with E-state index in [4.69, 9.17) is 4.74 Å². The van der Waals surface area contributed by atoms with Crippen molar-refractivity contribution in [2.45, 2.75) is 18.0 Å². The summed E-state index contributed by atoms with van der Waals surface area (Å²) in [4.78, 5) is 25.7. The van der Waals surface area contributed by atoms with Crippen LogP contribution in [0, 0.1) is 0 Å². The van der Waals surface area contributed by atoms with E-state index in [1.807, 2.05) is 24.3 Å². The van der Waals surface area contributed by atoms with E-state index in [-0.39, 0.29) is 22.6 Å². The topological polar surface area (TPSA) is 105 Å². The number of hydrogen-bond donors (Lipinski definition) is 2. The van der Waals surface area contributed by atoms with Crippen molar-refractivity contribution >= 4 is 21.8 Å². The maximum Gasteiger partial charge on any atom is 0.258 e. The Bertz CT molecular complexity index is 1060. The summed E-state index contributed by atoms with van der Waals surface area (Å²) in [6.07, 6.45) is 0. The molecule has 2 aliphatic heterocycles. The minimum absolute atomic E-state index is 0.0493. The summed E-state index contributed by atoms with van der Waals surface area (Å²) in [5.41, 5.74) is 2.20. The van der Waals surface area contributed by atoms with Gasteiger partial charge in [-0.15, -0.1) is 0 Å². The molecule has 4 rings (SSSR count). The minimum atomic E-state index is -3.85. The Kier molecular flexibility index (Phi) is 5.46. The van der Waals surface area contributed by atoms with Gasteiger partial charge in [-0.1, -0.05) is 24.3 Å². The number of carbonyl (C=O) groups excluding carboxylic acids is 2. The molecule has 2 amide bonds. The highest BCUT2D eigenvalue weighted by Gasteiger charge is 2.28. The molecule has 2 aromatic carbocycles. The van der Waals surface area contributed by atoms with Crippen LogP contribution in [0.2, 0.25) is 0 Å². The highest BCUT2D eigenvalue weighted by Crippen LogP contribution is 2.21. The number of amides is 2. The molecule has 2 heterocycles. The van der Waals surface area contributed by atoms with E-state index < -0.39 is 21.8 Å². The predicted octanol–water partition coefficient (Wildman–Crippen LogP) is 0.881. The Balaban J connectivity index is 1.50. The molecule has 0 unspecified atom stereocenters. The summed E-state index contributed by atoms with van der Waals surface area (Å²) in [6, 6.07) is 11.6. The molecule has 2 N–H and O–H groups in total. The average molecular weight is 415 g/mol. The number of carbonyl (C=O) groups is 2. The molecule has 0 radical (unpaired) electrons. The molecule has 0 atom stereocenters. The van der Waals surface area contributed by atoms with Crippen molar-refractivity contribution < 1.29 is 22.7 Å². The lowest BCUT2D eigenvalue weighted by Gasteiger charge is -2.27. The lowest BCUT2D eigenvalue weighted by Crippen LogP contribution is -2.36. The molecule has 0 aliphatic carbocycles. The molecule has 2 aromatic rings. The first-order valence-electron chi connectivity index (χ1n) is 9.30. The maximum absolute atomic E-state index is 12.7. The predicted molar refractivity (Wildman–Crippen MR) is 105 cm³/mol. The van der Waals surface area contributed by atoms with Gasteiger partial charge >= 0.3 is 0 Å². The van der Waals surface area contributed by atoms with Gasteiger partial charge in [0.25, 0.3) is 11.8 Å². The fraction of sp³-hybridized carbons (Fsp3) is 0.300. The summed E-state index contributed by atoms with van der Waals surface area (Å²) in [6.45, 7) is 3.94. The van der Waals surface area contributed by atoms with Gasteiger partial charge in [-0.2, -0.15) is 0 Å². The number of ether oxygens (including phenoxy) is 1. The van der Waals surface area contributed by atoms with E-state index >= 15 is 0 Å². The lowest BCUT2D eigenvalue weighted by molar-refractivity contribution is 0.0341.